The van der Waals surface area contributed by atoms with Gasteiger partial charge in [-0.25, -0.2) is 8.42 Å². The van der Waals surface area contributed by atoms with Crippen molar-refractivity contribution in [3.63, 3.8) is 0 Å². The average Bonchev–Trinajstić information content (AvgIpc) is 2.73. The standard InChI is InChI=1S/C21H25Cl2N3O3S/c1-25-7-9-26(10-8-25)19-13-15(3-4-20(19)29-2)30(27,28)21-17-11-14(22)12-18(23)16(17)5-6-24-21/h3-4,11-13,21,24H,5-10H2,1-2H3. The number of halogens is 2. The second-order valence-corrected chi connectivity index (χ2v) is 10.6. The fraction of sp³-hybridized carbons (Fsp3) is 0.429. The van der Waals surface area contributed by atoms with Crippen LogP contribution >= 0.6 is 23.2 Å². The molecule has 162 valence electrons. The highest BCUT2D eigenvalue weighted by Gasteiger charge is 2.35. The second kappa shape index (κ2) is 8.55. The number of ether oxygens (including phenoxy) is 1. The molecule has 9 heteroatoms. The Morgan fingerprint density at radius 2 is 1.83 bits per heavy atom. The minimum Gasteiger partial charge on any atom is -0.495 e. The van der Waals surface area contributed by atoms with Crippen LogP contribution in [0.5, 0.6) is 5.75 Å². The van der Waals surface area contributed by atoms with Gasteiger partial charge < -0.3 is 14.5 Å². The van der Waals surface area contributed by atoms with Gasteiger partial charge in [-0.15, -0.1) is 0 Å². The van der Waals surface area contributed by atoms with E-state index in [2.05, 4.69) is 22.2 Å². The Morgan fingerprint density at radius 1 is 1.10 bits per heavy atom. The van der Waals surface area contributed by atoms with Gasteiger partial charge >= 0.3 is 0 Å². The molecule has 2 aromatic carbocycles. The van der Waals surface area contributed by atoms with Crippen molar-refractivity contribution in [3.05, 3.63) is 51.5 Å². The third-order valence-electron chi connectivity index (χ3n) is 5.82. The fourth-order valence-corrected chi connectivity index (χ4v) is 6.40. The summed E-state index contributed by atoms with van der Waals surface area (Å²) in [6.45, 7) is 3.97. The molecule has 0 radical (unpaired) electrons. The van der Waals surface area contributed by atoms with Gasteiger partial charge in [0, 0.05) is 42.8 Å². The number of fused-ring (bicyclic) bond motifs is 1. The summed E-state index contributed by atoms with van der Waals surface area (Å²) >= 11 is 12.5. The van der Waals surface area contributed by atoms with Crippen molar-refractivity contribution >= 4 is 38.7 Å². The van der Waals surface area contributed by atoms with E-state index >= 15 is 0 Å². The van der Waals surface area contributed by atoms with Crippen molar-refractivity contribution in [2.75, 3.05) is 51.8 Å². The number of piperazine rings is 1. The number of benzene rings is 2. The summed E-state index contributed by atoms with van der Waals surface area (Å²) in [4.78, 5) is 4.67. The molecule has 0 bridgehead atoms. The first-order chi connectivity index (χ1) is 14.3. The first kappa shape index (κ1) is 21.7. The molecule has 0 spiro atoms. The number of nitrogens with one attached hydrogen (secondary N) is 1. The van der Waals surface area contributed by atoms with Crippen LogP contribution in [0, 0.1) is 0 Å². The zero-order valence-electron chi connectivity index (χ0n) is 17.0. The quantitative estimate of drug-likeness (QED) is 0.740. The van der Waals surface area contributed by atoms with Gasteiger partial charge in [-0.3, -0.25) is 5.32 Å². The molecule has 2 aromatic rings. The molecule has 0 saturated carbocycles. The number of anilines is 1. The molecule has 1 fully saturated rings. The van der Waals surface area contributed by atoms with Gasteiger partial charge in [0.05, 0.1) is 17.7 Å². The molecule has 0 aliphatic carbocycles. The summed E-state index contributed by atoms with van der Waals surface area (Å²) in [5.41, 5.74) is 2.25. The van der Waals surface area contributed by atoms with Crippen LogP contribution in [0.15, 0.2) is 35.2 Å². The molecule has 1 saturated heterocycles. The highest BCUT2D eigenvalue weighted by atomic mass is 35.5. The summed E-state index contributed by atoms with van der Waals surface area (Å²) in [5, 5.41) is 3.18. The van der Waals surface area contributed by atoms with E-state index in [1.54, 1.807) is 37.4 Å². The predicted molar refractivity (Wildman–Crippen MR) is 121 cm³/mol. The molecule has 30 heavy (non-hydrogen) atoms. The Bertz CT molecular complexity index is 1050. The SMILES string of the molecule is COc1ccc(S(=O)(=O)C2NCCc3c(Cl)cc(Cl)cc32)cc1N1CCN(C)CC1. The normalized spacial score (nSPS) is 20.1. The Labute approximate surface area is 187 Å². The van der Waals surface area contributed by atoms with E-state index in [0.717, 1.165) is 37.4 Å². The van der Waals surface area contributed by atoms with E-state index in [1.807, 2.05) is 0 Å². The lowest BCUT2D eigenvalue weighted by Crippen LogP contribution is -2.44. The summed E-state index contributed by atoms with van der Waals surface area (Å²) in [6.07, 6.45) is 0.659. The highest BCUT2D eigenvalue weighted by molar-refractivity contribution is 7.91. The topological polar surface area (TPSA) is 61.9 Å². The van der Waals surface area contributed by atoms with Crippen molar-refractivity contribution in [2.24, 2.45) is 0 Å². The Hall–Kier alpha value is -1.51. The van der Waals surface area contributed by atoms with Gasteiger partial charge in [-0.1, -0.05) is 23.2 Å². The maximum atomic E-state index is 13.6. The molecule has 2 aliphatic rings. The van der Waals surface area contributed by atoms with E-state index in [9.17, 15) is 8.42 Å². The van der Waals surface area contributed by atoms with Gasteiger partial charge in [0.2, 0.25) is 0 Å². The predicted octanol–water partition coefficient (Wildman–Crippen LogP) is 3.37. The molecular formula is C21H25Cl2N3O3S. The van der Waals surface area contributed by atoms with Crippen molar-refractivity contribution in [3.8, 4) is 5.75 Å². The van der Waals surface area contributed by atoms with Crippen LogP contribution in [0.1, 0.15) is 16.5 Å². The summed E-state index contributed by atoms with van der Waals surface area (Å²) < 4.78 is 32.8. The van der Waals surface area contributed by atoms with Crippen molar-refractivity contribution in [2.45, 2.75) is 16.7 Å². The number of likely N-dealkylation sites (N-methyl/N-ethyl adjacent to an activating group) is 1. The van der Waals surface area contributed by atoms with E-state index < -0.39 is 15.2 Å². The fourth-order valence-electron chi connectivity index (χ4n) is 4.11. The minimum atomic E-state index is -3.73. The molecule has 2 aliphatic heterocycles. The number of hydrogen-bond acceptors (Lipinski definition) is 6. The smallest absolute Gasteiger partial charge is 0.198 e. The average molecular weight is 470 g/mol. The van der Waals surface area contributed by atoms with E-state index in [0.29, 0.717) is 34.3 Å². The van der Waals surface area contributed by atoms with Crippen molar-refractivity contribution in [1.29, 1.82) is 0 Å². The number of methoxy groups -OCH3 is 1. The van der Waals surface area contributed by atoms with Crippen LogP contribution in [0.2, 0.25) is 10.0 Å². The maximum Gasteiger partial charge on any atom is 0.198 e. The monoisotopic (exact) mass is 469 g/mol. The molecule has 0 amide bonds. The molecule has 1 N–H and O–H groups in total. The van der Waals surface area contributed by atoms with Gasteiger partial charge in [-0.05, 0) is 54.9 Å². The summed E-state index contributed by atoms with van der Waals surface area (Å²) in [6, 6.07) is 8.42. The summed E-state index contributed by atoms with van der Waals surface area (Å²) in [5.74, 6) is 0.668. The van der Waals surface area contributed by atoms with E-state index in [1.165, 1.54) is 0 Å². The van der Waals surface area contributed by atoms with Crippen molar-refractivity contribution in [1.82, 2.24) is 10.2 Å². The first-order valence-electron chi connectivity index (χ1n) is 9.88. The zero-order valence-corrected chi connectivity index (χ0v) is 19.3. The number of nitrogens with zero attached hydrogens (tertiary/aromatic N) is 2. The van der Waals surface area contributed by atoms with Crippen molar-refractivity contribution < 1.29 is 13.2 Å². The second-order valence-electron chi connectivity index (χ2n) is 7.71. The molecule has 2 heterocycles. The van der Waals surface area contributed by atoms with Crippen LogP contribution in [0.4, 0.5) is 5.69 Å². The van der Waals surface area contributed by atoms with Crippen LogP contribution < -0.4 is 15.0 Å². The van der Waals surface area contributed by atoms with Gasteiger partial charge in [-0.2, -0.15) is 0 Å². The lowest BCUT2D eigenvalue weighted by molar-refractivity contribution is 0.311. The van der Waals surface area contributed by atoms with Crippen LogP contribution in [0.25, 0.3) is 0 Å². The number of hydrogen-bond donors (Lipinski definition) is 1. The molecule has 4 rings (SSSR count). The van der Waals surface area contributed by atoms with Gasteiger partial charge in [0.15, 0.2) is 9.84 Å². The Balaban J connectivity index is 1.75. The molecular weight excluding hydrogens is 445 g/mol. The summed E-state index contributed by atoms with van der Waals surface area (Å²) in [7, 11) is -0.0425. The minimum absolute atomic E-state index is 0.249. The molecule has 1 atom stereocenters. The van der Waals surface area contributed by atoms with Crippen LogP contribution in [0.3, 0.4) is 0 Å². The van der Waals surface area contributed by atoms with Crippen LogP contribution in [-0.4, -0.2) is 60.2 Å². The van der Waals surface area contributed by atoms with E-state index in [4.69, 9.17) is 27.9 Å². The third-order valence-corrected chi connectivity index (χ3v) is 8.32. The number of rotatable bonds is 4. The lowest BCUT2D eigenvalue weighted by Gasteiger charge is -2.35. The number of sulfone groups is 1. The van der Waals surface area contributed by atoms with Gasteiger partial charge in [0.25, 0.3) is 0 Å². The zero-order chi connectivity index (χ0) is 21.5. The Morgan fingerprint density at radius 3 is 2.53 bits per heavy atom. The van der Waals surface area contributed by atoms with E-state index in [-0.39, 0.29) is 4.90 Å². The first-order valence-corrected chi connectivity index (χ1v) is 12.2. The third kappa shape index (κ3) is 4.01. The molecule has 1 unspecified atom stereocenters. The van der Waals surface area contributed by atoms with Crippen LogP contribution in [-0.2, 0) is 16.3 Å². The highest BCUT2D eigenvalue weighted by Crippen LogP contribution is 2.39. The lowest BCUT2D eigenvalue weighted by atomic mass is 10.0. The molecule has 6 nitrogen and oxygen atoms in total. The van der Waals surface area contributed by atoms with Gasteiger partial charge in [0.1, 0.15) is 11.1 Å². The molecule has 0 aromatic heterocycles. The Kier molecular flexibility index (Phi) is 6.19. The largest absolute Gasteiger partial charge is 0.495 e. The maximum absolute atomic E-state index is 13.6.